The topological polar surface area (TPSA) is 54.5 Å². The lowest BCUT2D eigenvalue weighted by atomic mass is 10.1. The molecule has 1 fully saturated rings. The van der Waals surface area contributed by atoms with Crippen LogP contribution in [0.3, 0.4) is 0 Å². The van der Waals surface area contributed by atoms with Crippen molar-refractivity contribution in [1.82, 2.24) is 9.88 Å². The summed E-state index contributed by atoms with van der Waals surface area (Å²) in [4.78, 5) is 18.7. The highest BCUT2D eigenvalue weighted by atomic mass is 16.5. The van der Waals surface area contributed by atoms with Gasteiger partial charge in [0.1, 0.15) is 5.82 Å². The molecule has 1 aliphatic heterocycles. The largest absolute Gasteiger partial charge is 0.380 e. The summed E-state index contributed by atoms with van der Waals surface area (Å²) in [6.07, 6.45) is 1.89. The molecule has 0 aliphatic carbocycles. The molecule has 1 saturated heterocycles. The second-order valence-electron chi connectivity index (χ2n) is 4.73. The number of nitrogens with one attached hydrogen (secondary N) is 1. The minimum absolute atomic E-state index is 0.0631. The number of hydrogen-bond donors (Lipinski definition) is 1. The number of methoxy groups -OCH3 is 1. The predicted octanol–water partition coefficient (Wildman–Crippen LogP) is 1.55. The number of hydrogen-bond acceptors (Lipinski definition) is 4. The molecule has 0 saturated carbocycles. The van der Waals surface area contributed by atoms with Gasteiger partial charge in [-0.15, -0.1) is 0 Å². The number of carbonyl (C=O) groups is 1. The van der Waals surface area contributed by atoms with Gasteiger partial charge in [0.05, 0.1) is 6.10 Å². The van der Waals surface area contributed by atoms with Gasteiger partial charge in [-0.3, -0.25) is 4.79 Å². The van der Waals surface area contributed by atoms with Crippen molar-refractivity contribution in [3.8, 4) is 0 Å². The van der Waals surface area contributed by atoms with Crippen molar-refractivity contribution in [2.75, 3.05) is 32.6 Å². The smallest absolute Gasteiger partial charge is 0.254 e. The van der Waals surface area contributed by atoms with Crippen molar-refractivity contribution >= 4 is 11.7 Å². The van der Waals surface area contributed by atoms with Gasteiger partial charge in [-0.25, -0.2) is 4.98 Å². The Bertz CT molecular complexity index is 440. The number of likely N-dealkylation sites (tertiary alicyclic amines) is 1. The van der Waals surface area contributed by atoms with E-state index in [4.69, 9.17) is 4.74 Å². The van der Waals surface area contributed by atoms with Crippen LogP contribution in [0, 0.1) is 0 Å². The minimum atomic E-state index is 0.0631. The van der Waals surface area contributed by atoms with Crippen LogP contribution in [0.2, 0.25) is 0 Å². The van der Waals surface area contributed by atoms with E-state index in [1.54, 1.807) is 7.11 Å². The normalized spacial score (nSPS) is 18.7. The number of ether oxygens (including phenoxy) is 1. The zero-order valence-electron chi connectivity index (χ0n) is 11.8. The molecule has 0 radical (unpaired) electrons. The molecule has 0 spiro atoms. The Balaban J connectivity index is 2.19. The third-order valence-corrected chi connectivity index (χ3v) is 3.51. The van der Waals surface area contributed by atoms with Crippen LogP contribution in [-0.4, -0.2) is 49.1 Å². The van der Waals surface area contributed by atoms with E-state index >= 15 is 0 Å². The Morgan fingerprint density at radius 2 is 2.37 bits per heavy atom. The van der Waals surface area contributed by atoms with Crippen molar-refractivity contribution in [3.05, 3.63) is 23.4 Å². The summed E-state index contributed by atoms with van der Waals surface area (Å²) in [5, 5.41) is 3.00. The van der Waals surface area contributed by atoms with Crippen LogP contribution in [0.1, 0.15) is 29.4 Å². The maximum Gasteiger partial charge on any atom is 0.254 e. The fourth-order valence-electron chi connectivity index (χ4n) is 2.31. The summed E-state index contributed by atoms with van der Waals surface area (Å²) in [6, 6.07) is 3.69. The summed E-state index contributed by atoms with van der Waals surface area (Å²) < 4.78 is 5.30. The average Bonchev–Trinajstić information content (AvgIpc) is 2.94. The van der Waals surface area contributed by atoms with Crippen LogP contribution in [0.5, 0.6) is 0 Å². The summed E-state index contributed by atoms with van der Waals surface area (Å²) in [6.45, 7) is 3.47. The molecule has 1 N–H and O–H groups in total. The molecule has 2 heterocycles. The fourth-order valence-corrected chi connectivity index (χ4v) is 2.31. The molecule has 1 amide bonds. The summed E-state index contributed by atoms with van der Waals surface area (Å²) in [5.41, 5.74) is 1.63. The van der Waals surface area contributed by atoms with Gasteiger partial charge < -0.3 is 15.0 Å². The third-order valence-electron chi connectivity index (χ3n) is 3.51. The number of carbonyl (C=O) groups excluding carboxylic acids is 1. The molecular weight excluding hydrogens is 242 g/mol. The zero-order valence-corrected chi connectivity index (χ0v) is 11.8. The predicted molar refractivity (Wildman–Crippen MR) is 74.5 cm³/mol. The molecule has 5 heteroatoms. The monoisotopic (exact) mass is 263 g/mol. The van der Waals surface area contributed by atoms with Crippen molar-refractivity contribution in [1.29, 1.82) is 0 Å². The molecule has 1 aliphatic rings. The average molecular weight is 263 g/mol. The quantitative estimate of drug-likeness (QED) is 0.895. The standard InChI is InChI=1S/C14H21N3O2/c1-4-11-7-10(8-13(15-2)16-11)14(18)17-6-5-12(9-17)19-3/h7-8,12H,4-6,9H2,1-3H3,(H,15,16). The van der Waals surface area contributed by atoms with Gasteiger partial charge in [0.2, 0.25) is 0 Å². The Morgan fingerprint density at radius 1 is 1.58 bits per heavy atom. The summed E-state index contributed by atoms with van der Waals surface area (Å²) in [5.74, 6) is 0.804. The second-order valence-corrected chi connectivity index (χ2v) is 4.73. The first-order valence-electron chi connectivity index (χ1n) is 6.68. The van der Waals surface area contributed by atoms with E-state index in [1.807, 2.05) is 31.0 Å². The van der Waals surface area contributed by atoms with Gasteiger partial charge in [0, 0.05) is 38.5 Å². The van der Waals surface area contributed by atoms with Gasteiger partial charge in [0.15, 0.2) is 0 Å². The molecular formula is C14H21N3O2. The molecule has 1 atom stereocenters. The molecule has 2 rings (SSSR count). The van der Waals surface area contributed by atoms with Crippen LogP contribution in [0.25, 0.3) is 0 Å². The van der Waals surface area contributed by atoms with Crippen molar-refractivity contribution in [3.63, 3.8) is 0 Å². The van der Waals surface area contributed by atoms with E-state index in [2.05, 4.69) is 10.3 Å². The first-order chi connectivity index (χ1) is 9.17. The SMILES string of the molecule is CCc1cc(C(=O)N2CCC(OC)C2)cc(NC)n1. The molecule has 0 bridgehead atoms. The van der Waals surface area contributed by atoms with E-state index in [0.717, 1.165) is 30.9 Å². The number of amides is 1. The lowest BCUT2D eigenvalue weighted by Gasteiger charge is -2.17. The van der Waals surface area contributed by atoms with Gasteiger partial charge >= 0.3 is 0 Å². The van der Waals surface area contributed by atoms with Gasteiger partial charge in [-0.1, -0.05) is 6.92 Å². The first-order valence-corrected chi connectivity index (χ1v) is 6.68. The minimum Gasteiger partial charge on any atom is -0.380 e. The molecule has 5 nitrogen and oxygen atoms in total. The Morgan fingerprint density at radius 3 is 2.95 bits per heavy atom. The van der Waals surface area contributed by atoms with Crippen LogP contribution >= 0.6 is 0 Å². The maximum absolute atomic E-state index is 12.5. The number of pyridine rings is 1. The van der Waals surface area contributed by atoms with E-state index in [9.17, 15) is 4.79 Å². The fraction of sp³-hybridized carbons (Fsp3) is 0.571. The van der Waals surface area contributed by atoms with Crippen LogP contribution < -0.4 is 5.32 Å². The van der Waals surface area contributed by atoms with E-state index in [0.29, 0.717) is 12.1 Å². The highest BCUT2D eigenvalue weighted by Crippen LogP contribution is 2.18. The highest BCUT2D eigenvalue weighted by Gasteiger charge is 2.27. The highest BCUT2D eigenvalue weighted by molar-refractivity contribution is 5.95. The third kappa shape index (κ3) is 3.04. The lowest BCUT2D eigenvalue weighted by Crippen LogP contribution is -2.30. The Kier molecular flexibility index (Phi) is 4.37. The Labute approximate surface area is 114 Å². The summed E-state index contributed by atoms with van der Waals surface area (Å²) >= 11 is 0. The Hall–Kier alpha value is -1.62. The molecule has 0 aromatic carbocycles. The van der Waals surface area contributed by atoms with Crippen LogP contribution in [0.4, 0.5) is 5.82 Å². The second kappa shape index (κ2) is 6.02. The van der Waals surface area contributed by atoms with Crippen LogP contribution in [-0.2, 0) is 11.2 Å². The molecule has 104 valence electrons. The van der Waals surface area contributed by atoms with E-state index in [1.165, 1.54) is 0 Å². The summed E-state index contributed by atoms with van der Waals surface area (Å²) in [7, 11) is 3.51. The zero-order chi connectivity index (χ0) is 13.8. The van der Waals surface area contributed by atoms with Crippen molar-refractivity contribution in [2.45, 2.75) is 25.9 Å². The van der Waals surface area contributed by atoms with E-state index < -0.39 is 0 Å². The lowest BCUT2D eigenvalue weighted by molar-refractivity contribution is 0.0724. The van der Waals surface area contributed by atoms with Crippen molar-refractivity contribution < 1.29 is 9.53 Å². The number of rotatable bonds is 4. The van der Waals surface area contributed by atoms with Gasteiger partial charge in [0.25, 0.3) is 5.91 Å². The van der Waals surface area contributed by atoms with Gasteiger partial charge in [-0.05, 0) is 25.0 Å². The number of aryl methyl sites for hydroxylation is 1. The number of anilines is 1. The number of nitrogens with zero attached hydrogens (tertiary/aromatic N) is 2. The molecule has 1 unspecified atom stereocenters. The van der Waals surface area contributed by atoms with E-state index in [-0.39, 0.29) is 12.0 Å². The maximum atomic E-state index is 12.5. The van der Waals surface area contributed by atoms with Crippen LogP contribution in [0.15, 0.2) is 12.1 Å². The number of aromatic nitrogens is 1. The van der Waals surface area contributed by atoms with Gasteiger partial charge in [-0.2, -0.15) is 0 Å². The molecule has 19 heavy (non-hydrogen) atoms. The molecule has 1 aromatic heterocycles. The first kappa shape index (κ1) is 13.8. The molecule has 1 aromatic rings. The van der Waals surface area contributed by atoms with Crippen molar-refractivity contribution in [2.24, 2.45) is 0 Å².